The second kappa shape index (κ2) is 19.7. The van der Waals surface area contributed by atoms with Crippen LogP contribution < -0.4 is 10.6 Å². The highest BCUT2D eigenvalue weighted by Gasteiger charge is 2.16. The van der Waals surface area contributed by atoms with Crippen LogP contribution in [0.5, 0.6) is 0 Å². The van der Waals surface area contributed by atoms with E-state index < -0.39 is 12.3 Å². The Morgan fingerprint density at radius 1 is 0.933 bits per heavy atom. The number of ether oxygens (including phenoxy) is 4. The van der Waals surface area contributed by atoms with Crippen LogP contribution in [0.2, 0.25) is 0 Å². The fraction of sp³-hybridized carbons (Fsp3) is 0.850. The van der Waals surface area contributed by atoms with E-state index in [1.807, 2.05) is 13.8 Å². The van der Waals surface area contributed by atoms with E-state index in [1.54, 1.807) is 0 Å². The molecule has 0 aliphatic carbocycles. The van der Waals surface area contributed by atoms with Crippen molar-refractivity contribution >= 4 is 33.7 Å². The number of hydrogen-bond donors (Lipinski definition) is 2. The average Bonchev–Trinajstić information content (AvgIpc) is 2.76. The number of alkyl halides is 1. The van der Waals surface area contributed by atoms with E-state index in [1.165, 1.54) is 7.11 Å². The molecule has 0 aromatic heterocycles. The number of amides is 2. The summed E-state index contributed by atoms with van der Waals surface area (Å²) < 4.78 is 21.4. The molecule has 0 saturated carbocycles. The minimum atomic E-state index is -0.603. The van der Waals surface area contributed by atoms with E-state index in [4.69, 9.17) is 18.9 Å². The Labute approximate surface area is 188 Å². The van der Waals surface area contributed by atoms with E-state index in [-0.39, 0.29) is 37.4 Å². The summed E-state index contributed by atoms with van der Waals surface area (Å²) in [6.07, 6.45) is 2.64. The topological polar surface area (TPSA) is 112 Å². The van der Waals surface area contributed by atoms with Gasteiger partial charge in [-0.25, -0.2) is 0 Å². The number of carbonyl (C=O) groups excluding carboxylic acids is 3. The highest BCUT2D eigenvalue weighted by molar-refractivity contribution is 9.09. The van der Waals surface area contributed by atoms with Crippen LogP contribution in [-0.4, -0.2) is 75.5 Å². The Kier molecular flexibility index (Phi) is 18.9. The quantitative estimate of drug-likeness (QED) is 0.121. The van der Waals surface area contributed by atoms with E-state index >= 15 is 0 Å². The summed E-state index contributed by atoms with van der Waals surface area (Å²) >= 11 is 3.07. The molecule has 0 rings (SSSR count). The van der Waals surface area contributed by atoms with Crippen LogP contribution in [0.1, 0.15) is 52.4 Å². The van der Waals surface area contributed by atoms with Crippen molar-refractivity contribution in [3.63, 3.8) is 0 Å². The molecule has 2 N–H and O–H groups in total. The van der Waals surface area contributed by atoms with Crippen molar-refractivity contribution in [2.75, 3.05) is 45.4 Å². The standard InChI is InChI=1S/C20H37BrN2O7/c1-4-16(5-2)30-20(27-3)15-29-19(26)9-8-17(24)22-10-6-12-28-13-7-11-23-18(25)14-21/h16,20H,4-15H2,1-3H3,(H,22,24)(H,23,25). The maximum Gasteiger partial charge on any atom is 0.306 e. The van der Waals surface area contributed by atoms with Gasteiger partial charge in [0, 0.05) is 39.8 Å². The lowest BCUT2D eigenvalue weighted by Gasteiger charge is -2.21. The predicted octanol–water partition coefficient (Wildman–Crippen LogP) is 1.91. The molecule has 0 saturated heterocycles. The lowest BCUT2D eigenvalue weighted by atomic mass is 10.2. The number of nitrogens with one attached hydrogen (secondary N) is 2. The first-order chi connectivity index (χ1) is 14.5. The maximum atomic E-state index is 11.8. The molecule has 9 nitrogen and oxygen atoms in total. The van der Waals surface area contributed by atoms with Crippen molar-refractivity contribution in [3.8, 4) is 0 Å². The van der Waals surface area contributed by atoms with Crippen molar-refractivity contribution in [2.45, 2.75) is 64.8 Å². The number of halogens is 1. The zero-order valence-electron chi connectivity index (χ0n) is 18.4. The summed E-state index contributed by atoms with van der Waals surface area (Å²) in [4.78, 5) is 34.6. The molecular weight excluding hydrogens is 460 g/mol. The van der Waals surface area contributed by atoms with Gasteiger partial charge in [-0.15, -0.1) is 0 Å². The van der Waals surface area contributed by atoms with Gasteiger partial charge in [-0.2, -0.15) is 0 Å². The molecular formula is C20H37BrN2O7. The molecule has 0 spiro atoms. The zero-order chi connectivity index (χ0) is 22.6. The minimum Gasteiger partial charge on any atom is -0.460 e. The molecule has 10 heteroatoms. The van der Waals surface area contributed by atoms with Gasteiger partial charge in [0.1, 0.15) is 6.61 Å². The van der Waals surface area contributed by atoms with Crippen LogP contribution in [-0.2, 0) is 33.3 Å². The molecule has 30 heavy (non-hydrogen) atoms. The summed E-state index contributed by atoms with van der Waals surface area (Å²) in [6.45, 7) is 6.16. The molecule has 0 aliphatic heterocycles. The third-order valence-electron chi connectivity index (χ3n) is 4.15. The van der Waals surface area contributed by atoms with Gasteiger partial charge in [-0.3, -0.25) is 14.4 Å². The van der Waals surface area contributed by atoms with Gasteiger partial charge in [-0.1, -0.05) is 29.8 Å². The van der Waals surface area contributed by atoms with Crippen LogP contribution in [0, 0.1) is 0 Å². The highest BCUT2D eigenvalue weighted by atomic mass is 79.9. The smallest absolute Gasteiger partial charge is 0.306 e. The third kappa shape index (κ3) is 16.6. The van der Waals surface area contributed by atoms with Gasteiger partial charge in [0.15, 0.2) is 6.29 Å². The van der Waals surface area contributed by atoms with Gasteiger partial charge in [0.05, 0.1) is 17.9 Å². The molecule has 0 aromatic carbocycles. The average molecular weight is 497 g/mol. The van der Waals surface area contributed by atoms with E-state index in [9.17, 15) is 14.4 Å². The molecule has 0 radical (unpaired) electrons. The fourth-order valence-corrected chi connectivity index (χ4v) is 2.55. The summed E-state index contributed by atoms with van der Waals surface area (Å²) in [7, 11) is 1.50. The van der Waals surface area contributed by atoms with Crippen molar-refractivity contribution < 1.29 is 33.3 Å². The predicted molar refractivity (Wildman–Crippen MR) is 116 cm³/mol. The number of rotatable bonds is 19. The summed E-state index contributed by atoms with van der Waals surface area (Å²) in [5.41, 5.74) is 0. The fourth-order valence-electron chi connectivity index (χ4n) is 2.35. The first-order valence-electron chi connectivity index (χ1n) is 10.5. The van der Waals surface area contributed by atoms with E-state index in [0.29, 0.717) is 38.1 Å². The van der Waals surface area contributed by atoms with Crippen LogP contribution in [0.15, 0.2) is 0 Å². The Hall–Kier alpha value is -1.23. The summed E-state index contributed by atoms with van der Waals surface area (Å²) in [5, 5.41) is 5.77. The van der Waals surface area contributed by atoms with Crippen LogP contribution >= 0.6 is 15.9 Å². The molecule has 1 unspecified atom stereocenters. The number of hydrogen-bond acceptors (Lipinski definition) is 7. The van der Waals surface area contributed by atoms with Crippen molar-refractivity contribution in [1.82, 2.24) is 10.6 Å². The lowest BCUT2D eigenvalue weighted by molar-refractivity contribution is -0.190. The Balaban J connectivity index is 3.67. The van der Waals surface area contributed by atoms with Gasteiger partial charge >= 0.3 is 5.97 Å². The summed E-state index contributed by atoms with van der Waals surface area (Å²) in [6, 6.07) is 0. The van der Waals surface area contributed by atoms with Crippen LogP contribution in [0.4, 0.5) is 0 Å². The second-order valence-electron chi connectivity index (χ2n) is 6.58. The number of esters is 1. The molecule has 0 heterocycles. The Morgan fingerprint density at radius 2 is 1.53 bits per heavy atom. The van der Waals surface area contributed by atoms with E-state index in [2.05, 4.69) is 26.6 Å². The minimum absolute atomic E-state index is 0.00384. The Bertz CT molecular complexity index is 476. The first kappa shape index (κ1) is 28.8. The molecule has 0 aromatic rings. The SMILES string of the molecule is CCC(CC)OC(COC(=O)CCC(=O)NCCCOCCCNC(=O)CBr)OC. The van der Waals surface area contributed by atoms with Gasteiger partial charge in [-0.05, 0) is 25.7 Å². The van der Waals surface area contributed by atoms with Gasteiger partial charge < -0.3 is 29.6 Å². The molecule has 0 aliphatic rings. The third-order valence-corrected chi connectivity index (χ3v) is 4.66. The summed E-state index contributed by atoms with van der Waals surface area (Å²) in [5.74, 6) is -0.716. The molecule has 0 fully saturated rings. The molecule has 0 bridgehead atoms. The zero-order valence-corrected chi connectivity index (χ0v) is 20.0. The second-order valence-corrected chi connectivity index (χ2v) is 7.14. The number of carbonyl (C=O) groups is 3. The maximum absolute atomic E-state index is 11.8. The normalized spacial score (nSPS) is 11.9. The monoisotopic (exact) mass is 496 g/mol. The Morgan fingerprint density at radius 3 is 2.07 bits per heavy atom. The first-order valence-corrected chi connectivity index (χ1v) is 11.6. The van der Waals surface area contributed by atoms with Crippen LogP contribution in [0.25, 0.3) is 0 Å². The van der Waals surface area contributed by atoms with Crippen LogP contribution in [0.3, 0.4) is 0 Å². The van der Waals surface area contributed by atoms with Crippen molar-refractivity contribution in [1.29, 1.82) is 0 Å². The largest absolute Gasteiger partial charge is 0.460 e. The van der Waals surface area contributed by atoms with Crippen molar-refractivity contribution in [2.24, 2.45) is 0 Å². The number of methoxy groups -OCH3 is 1. The van der Waals surface area contributed by atoms with Crippen molar-refractivity contribution in [3.05, 3.63) is 0 Å². The lowest BCUT2D eigenvalue weighted by Crippen LogP contribution is -2.29. The van der Waals surface area contributed by atoms with E-state index in [0.717, 1.165) is 19.3 Å². The molecule has 1 atom stereocenters. The molecule has 2 amide bonds. The van der Waals surface area contributed by atoms with Gasteiger partial charge in [0.25, 0.3) is 0 Å². The van der Waals surface area contributed by atoms with Gasteiger partial charge in [0.2, 0.25) is 11.8 Å². The molecule has 176 valence electrons. The highest BCUT2D eigenvalue weighted by Crippen LogP contribution is 2.08.